The lowest BCUT2D eigenvalue weighted by atomic mass is 10.5. The number of nitroso groups, excluding NO2 is 1. The molecule has 0 aliphatic rings. The van der Waals surface area contributed by atoms with E-state index < -0.39 is 17.3 Å². The number of nitrogens with one attached hydrogen (secondary N) is 3. The standard InChI is InChI=1S/C6H7N5O4/c1-11(10-15)6(14)8-3-2-7-5(13)9-4(3)12/h2H,1H3,(H,8,14)(H2,7,9,12,13). The van der Waals surface area contributed by atoms with Crippen LogP contribution in [0.15, 0.2) is 21.1 Å². The van der Waals surface area contributed by atoms with Crippen LogP contribution in [0, 0.1) is 4.91 Å². The summed E-state index contributed by atoms with van der Waals surface area (Å²) >= 11 is 0. The van der Waals surface area contributed by atoms with Gasteiger partial charge in [0.1, 0.15) is 5.69 Å². The van der Waals surface area contributed by atoms with Crippen molar-refractivity contribution in [3.8, 4) is 0 Å². The van der Waals surface area contributed by atoms with Crippen molar-refractivity contribution in [1.29, 1.82) is 0 Å². The van der Waals surface area contributed by atoms with Gasteiger partial charge in [-0.1, -0.05) is 0 Å². The second kappa shape index (κ2) is 4.17. The highest BCUT2D eigenvalue weighted by Crippen LogP contribution is 1.95. The van der Waals surface area contributed by atoms with E-state index in [0.717, 1.165) is 13.2 Å². The lowest BCUT2D eigenvalue weighted by Gasteiger charge is -2.07. The zero-order valence-corrected chi connectivity index (χ0v) is 7.60. The van der Waals surface area contributed by atoms with Gasteiger partial charge in [0, 0.05) is 13.2 Å². The zero-order valence-electron chi connectivity index (χ0n) is 7.60. The molecule has 80 valence electrons. The van der Waals surface area contributed by atoms with Crippen molar-refractivity contribution in [2.24, 2.45) is 5.29 Å². The van der Waals surface area contributed by atoms with Crippen LogP contribution in [-0.2, 0) is 0 Å². The Morgan fingerprint density at radius 1 is 1.53 bits per heavy atom. The molecule has 1 aromatic heterocycles. The highest BCUT2D eigenvalue weighted by Gasteiger charge is 2.10. The number of nitrogens with zero attached hydrogens (tertiary/aromatic N) is 2. The first kappa shape index (κ1) is 10.6. The van der Waals surface area contributed by atoms with Gasteiger partial charge in [0.15, 0.2) is 0 Å². The van der Waals surface area contributed by atoms with Crippen LogP contribution in [0.25, 0.3) is 0 Å². The van der Waals surface area contributed by atoms with Gasteiger partial charge in [-0.2, -0.15) is 5.01 Å². The number of H-pyrrole nitrogens is 2. The number of aromatic amines is 2. The van der Waals surface area contributed by atoms with E-state index in [0.29, 0.717) is 5.01 Å². The molecular weight excluding hydrogens is 206 g/mol. The van der Waals surface area contributed by atoms with Crippen molar-refractivity contribution >= 4 is 11.7 Å². The first-order valence-electron chi connectivity index (χ1n) is 3.74. The molecule has 1 aromatic rings. The minimum Gasteiger partial charge on any atom is -0.312 e. The highest BCUT2D eigenvalue weighted by atomic mass is 16.3. The summed E-state index contributed by atoms with van der Waals surface area (Å²) in [6, 6.07) is -0.887. The van der Waals surface area contributed by atoms with Gasteiger partial charge in [-0.25, -0.2) is 9.59 Å². The summed E-state index contributed by atoms with van der Waals surface area (Å²) in [5.41, 5.74) is -1.65. The molecule has 0 unspecified atom stereocenters. The summed E-state index contributed by atoms with van der Waals surface area (Å²) in [7, 11) is 1.11. The molecule has 0 aliphatic heterocycles. The van der Waals surface area contributed by atoms with Gasteiger partial charge in [0.2, 0.25) is 0 Å². The van der Waals surface area contributed by atoms with Crippen molar-refractivity contribution in [1.82, 2.24) is 15.0 Å². The van der Waals surface area contributed by atoms with Crippen LogP contribution in [0.5, 0.6) is 0 Å². The Bertz CT molecular complexity index is 489. The molecule has 2 amide bonds. The van der Waals surface area contributed by atoms with Crippen LogP contribution < -0.4 is 16.6 Å². The minimum atomic E-state index is -0.887. The minimum absolute atomic E-state index is 0.185. The maximum Gasteiger partial charge on any atom is 0.344 e. The molecule has 9 heteroatoms. The number of hydrogen-bond acceptors (Lipinski definition) is 5. The number of anilines is 1. The number of hydrogen-bond donors (Lipinski definition) is 3. The second-order valence-corrected chi connectivity index (χ2v) is 2.52. The quantitative estimate of drug-likeness (QED) is 0.439. The van der Waals surface area contributed by atoms with Crippen molar-refractivity contribution in [3.63, 3.8) is 0 Å². The Hall–Kier alpha value is -2.45. The molecule has 15 heavy (non-hydrogen) atoms. The van der Waals surface area contributed by atoms with E-state index in [9.17, 15) is 19.3 Å². The molecule has 3 N–H and O–H groups in total. The molecule has 9 nitrogen and oxygen atoms in total. The number of urea groups is 1. The summed E-state index contributed by atoms with van der Waals surface area (Å²) in [5, 5.41) is 4.85. The fourth-order valence-corrected chi connectivity index (χ4v) is 0.736. The first-order valence-corrected chi connectivity index (χ1v) is 3.74. The number of aromatic nitrogens is 2. The number of rotatable bonds is 2. The van der Waals surface area contributed by atoms with Gasteiger partial charge in [-0.3, -0.25) is 9.78 Å². The molecular formula is C6H7N5O4. The van der Waals surface area contributed by atoms with Crippen LogP contribution >= 0.6 is 0 Å². The van der Waals surface area contributed by atoms with Crippen LogP contribution in [-0.4, -0.2) is 28.1 Å². The summed E-state index contributed by atoms with van der Waals surface area (Å²) in [5.74, 6) is 0. The third-order valence-corrected chi connectivity index (χ3v) is 1.48. The third kappa shape index (κ3) is 2.49. The molecule has 0 aliphatic carbocycles. The molecule has 0 saturated heterocycles. The van der Waals surface area contributed by atoms with Crippen molar-refractivity contribution in [3.05, 3.63) is 31.9 Å². The van der Waals surface area contributed by atoms with Gasteiger partial charge in [0.25, 0.3) is 5.56 Å². The van der Waals surface area contributed by atoms with E-state index in [-0.39, 0.29) is 5.69 Å². The van der Waals surface area contributed by atoms with Crippen molar-refractivity contribution in [2.45, 2.75) is 0 Å². The van der Waals surface area contributed by atoms with Gasteiger partial charge < -0.3 is 10.3 Å². The molecule has 0 radical (unpaired) electrons. The number of carbonyl (C=O) groups is 1. The van der Waals surface area contributed by atoms with Crippen LogP contribution in [0.4, 0.5) is 10.5 Å². The fraction of sp³-hybridized carbons (Fsp3) is 0.167. The SMILES string of the molecule is CN(N=O)C(=O)Nc1c[nH]c(=O)[nH]c1=O. The first-order chi connectivity index (χ1) is 7.04. The lowest BCUT2D eigenvalue weighted by Crippen LogP contribution is -2.31. The number of carbonyl (C=O) groups excluding carboxylic acids is 1. The summed E-state index contributed by atoms with van der Waals surface area (Å²) in [4.78, 5) is 46.7. The molecule has 0 spiro atoms. The van der Waals surface area contributed by atoms with Crippen LogP contribution in [0.2, 0.25) is 0 Å². The van der Waals surface area contributed by atoms with Crippen LogP contribution in [0.1, 0.15) is 0 Å². The average molecular weight is 213 g/mol. The number of amides is 2. The van der Waals surface area contributed by atoms with Crippen molar-refractivity contribution in [2.75, 3.05) is 12.4 Å². The smallest absolute Gasteiger partial charge is 0.312 e. The molecule has 0 fully saturated rings. The molecule has 1 rings (SSSR count). The van der Waals surface area contributed by atoms with E-state index >= 15 is 0 Å². The summed E-state index contributed by atoms with van der Waals surface area (Å²) < 4.78 is 0. The fourth-order valence-electron chi connectivity index (χ4n) is 0.736. The zero-order chi connectivity index (χ0) is 11.4. The predicted octanol–water partition coefficient (Wildman–Crippen LogP) is -0.792. The Balaban J connectivity index is 2.91. The van der Waals surface area contributed by atoms with E-state index in [2.05, 4.69) is 15.6 Å². The Morgan fingerprint density at radius 3 is 2.73 bits per heavy atom. The monoisotopic (exact) mass is 213 g/mol. The molecule has 1 heterocycles. The Labute approximate surface area is 82.1 Å². The maximum atomic E-state index is 11.1. The van der Waals surface area contributed by atoms with Gasteiger partial charge >= 0.3 is 11.7 Å². The van der Waals surface area contributed by atoms with Crippen LogP contribution in [0.3, 0.4) is 0 Å². The predicted molar refractivity (Wildman–Crippen MR) is 50.3 cm³/mol. The molecule has 0 saturated carbocycles. The largest absolute Gasteiger partial charge is 0.344 e. The van der Waals surface area contributed by atoms with Gasteiger partial charge in [-0.05, 0) is 0 Å². The average Bonchev–Trinajstić information content (AvgIpc) is 2.20. The van der Waals surface area contributed by atoms with Crippen molar-refractivity contribution < 1.29 is 4.79 Å². The van der Waals surface area contributed by atoms with E-state index in [1.54, 1.807) is 0 Å². The summed E-state index contributed by atoms with van der Waals surface area (Å²) in [6.07, 6.45) is 1.01. The Kier molecular flexibility index (Phi) is 2.96. The van der Waals surface area contributed by atoms with Gasteiger partial charge in [0.05, 0.1) is 5.29 Å². The summed E-state index contributed by atoms with van der Waals surface area (Å²) in [6.45, 7) is 0. The third-order valence-electron chi connectivity index (χ3n) is 1.48. The molecule has 0 atom stereocenters. The van der Waals surface area contributed by atoms with E-state index in [1.165, 1.54) is 0 Å². The topological polar surface area (TPSA) is 127 Å². The molecule has 0 bridgehead atoms. The second-order valence-electron chi connectivity index (χ2n) is 2.52. The van der Waals surface area contributed by atoms with E-state index in [1.807, 2.05) is 4.98 Å². The lowest BCUT2D eigenvalue weighted by molar-refractivity contribution is 0.223. The van der Waals surface area contributed by atoms with E-state index in [4.69, 9.17) is 0 Å². The highest BCUT2D eigenvalue weighted by molar-refractivity contribution is 5.88. The van der Waals surface area contributed by atoms with Gasteiger partial charge in [-0.15, -0.1) is 4.91 Å². The Morgan fingerprint density at radius 2 is 2.20 bits per heavy atom. The maximum absolute atomic E-state index is 11.1. The molecule has 0 aromatic carbocycles. The normalized spacial score (nSPS) is 9.40.